The molecule has 1 heterocycles. The maximum absolute atomic E-state index is 11.0. The van der Waals surface area contributed by atoms with Gasteiger partial charge in [0.05, 0.1) is 25.6 Å². The maximum Gasteiger partial charge on any atom is 0.306 e. The topological polar surface area (TPSA) is 89.4 Å². The Morgan fingerprint density at radius 3 is 2.80 bits per heavy atom. The third kappa shape index (κ3) is 3.62. The second-order valence-corrected chi connectivity index (χ2v) is 3.51. The Morgan fingerprint density at radius 2 is 2.33 bits per heavy atom. The number of nitrogens with zero attached hydrogens (tertiary/aromatic N) is 2. The summed E-state index contributed by atoms with van der Waals surface area (Å²) >= 11 is 1.12. The van der Waals surface area contributed by atoms with E-state index in [0.717, 1.165) is 11.5 Å². The molecule has 6 nitrogen and oxygen atoms in total. The quantitative estimate of drug-likeness (QED) is 0.747. The summed E-state index contributed by atoms with van der Waals surface area (Å²) in [5.74, 6) is -1.89. The fourth-order valence-corrected chi connectivity index (χ4v) is 1.66. The van der Waals surface area contributed by atoms with E-state index in [1.807, 2.05) is 0 Å². The summed E-state index contributed by atoms with van der Waals surface area (Å²) in [6.07, 6.45) is -0.144. The highest BCUT2D eigenvalue weighted by Crippen LogP contribution is 2.22. The lowest BCUT2D eigenvalue weighted by Crippen LogP contribution is -2.13. The van der Waals surface area contributed by atoms with Gasteiger partial charge in [-0.1, -0.05) is 4.49 Å². The minimum Gasteiger partial charge on any atom is -0.481 e. The number of carboxylic acid groups (broad SMARTS) is 1. The van der Waals surface area contributed by atoms with Gasteiger partial charge >= 0.3 is 11.9 Å². The van der Waals surface area contributed by atoms with E-state index < -0.39 is 17.9 Å². The van der Waals surface area contributed by atoms with Crippen LogP contribution in [-0.2, 0) is 14.3 Å². The number of aromatic nitrogens is 2. The van der Waals surface area contributed by atoms with E-state index in [1.165, 1.54) is 7.11 Å². The summed E-state index contributed by atoms with van der Waals surface area (Å²) in [6.45, 7) is 0. The summed E-state index contributed by atoms with van der Waals surface area (Å²) in [7, 11) is 1.26. The zero-order chi connectivity index (χ0) is 11.3. The van der Waals surface area contributed by atoms with E-state index in [0.29, 0.717) is 5.69 Å². The molecule has 0 aliphatic carbocycles. The minimum atomic E-state index is -0.975. The van der Waals surface area contributed by atoms with Crippen LogP contribution in [0.1, 0.15) is 24.5 Å². The van der Waals surface area contributed by atoms with Crippen LogP contribution in [0, 0.1) is 0 Å². The monoisotopic (exact) mass is 230 g/mol. The van der Waals surface area contributed by atoms with Crippen LogP contribution in [0.4, 0.5) is 0 Å². The maximum atomic E-state index is 11.0. The average Bonchev–Trinajstić information content (AvgIpc) is 2.68. The van der Waals surface area contributed by atoms with Crippen LogP contribution in [0.2, 0.25) is 0 Å². The molecule has 82 valence electrons. The van der Waals surface area contributed by atoms with E-state index in [-0.39, 0.29) is 12.8 Å². The minimum absolute atomic E-state index is 0.00815. The van der Waals surface area contributed by atoms with Gasteiger partial charge in [-0.3, -0.25) is 9.59 Å². The van der Waals surface area contributed by atoms with Crippen molar-refractivity contribution in [3.63, 3.8) is 0 Å². The first kappa shape index (κ1) is 11.6. The average molecular weight is 230 g/mol. The van der Waals surface area contributed by atoms with Gasteiger partial charge in [-0.15, -0.1) is 5.10 Å². The van der Waals surface area contributed by atoms with Gasteiger partial charge < -0.3 is 9.84 Å². The van der Waals surface area contributed by atoms with Crippen molar-refractivity contribution in [3.05, 3.63) is 11.1 Å². The fraction of sp³-hybridized carbons (Fsp3) is 0.500. The van der Waals surface area contributed by atoms with Gasteiger partial charge in [0.15, 0.2) is 0 Å². The van der Waals surface area contributed by atoms with Crippen molar-refractivity contribution in [1.29, 1.82) is 0 Å². The molecule has 1 atom stereocenters. The second kappa shape index (κ2) is 5.40. The highest BCUT2D eigenvalue weighted by atomic mass is 32.1. The van der Waals surface area contributed by atoms with Crippen LogP contribution in [-0.4, -0.2) is 33.7 Å². The summed E-state index contributed by atoms with van der Waals surface area (Å²) < 4.78 is 8.11. The number of ether oxygens (including phenoxy) is 1. The van der Waals surface area contributed by atoms with Gasteiger partial charge in [0.25, 0.3) is 0 Å². The molecule has 0 amide bonds. The van der Waals surface area contributed by atoms with Crippen molar-refractivity contribution in [1.82, 2.24) is 9.59 Å². The third-order valence-corrected chi connectivity index (χ3v) is 2.38. The first-order chi connectivity index (χ1) is 7.13. The smallest absolute Gasteiger partial charge is 0.306 e. The van der Waals surface area contributed by atoms with Crippen LogP contribution in [0.3, 0.4) is 0 Å². The third-order valence-electron chi connectivity index (χ3n) is 1.86. The highest BCUT2D eigenvalue weighted by molar-refractivity contribution is 7.03. The van der Waals surface area contributed by atoms with Crippen LogP contribution >= 0.6 is 11.5 Å². The summed E-state index contributed by atoms with van der Waals surface area (Å²) in [5, 5.41) is 14.1. The SMILES string of the molecule is COC(=O)CC(CC(=O)O)c1csnn1. The normalized spacial score (nSPS) is 12.1. The Kier molecular flexibility index (Phi) is 4.17. The highest BCUT2D eigenvalue weighted by Gasteiger charge is 2.21. The zero-order valence-electron chi connectivity index (χ0n) is 8.04. The predicted octanol–water partition coefficient (Wildman–Crippen LogP) is 0.659. The Balaban J connectivity index is 2.70. The Bertz CT molecular complexity index is 338. The number of aliphatic carboxylic acids is 1. The Labute approximate surface area is 90.0 Å². The van der Waals surface area contributed by atoms with Gasteiger partial charge in [0.2, 0.25) is 0 Å². The second-order valence-electron chi connectivity index (χ2n) is 2.90. The standard InChI is InChI=1S/C8H10N2O4S/c1-14-8(13)3-5(2-7(11)12)6-4-15-10-9-6/h4-5H,2-3H2,1H3,(H,11,12). The van der Waals surface area contributed by atoms with Gasteiger partial charge in [0.1, 0.15) is 0 Å². The van der Waals surface area contributed by atoms with Crippen molar-refractivity contribution in [2.24, 2.45) is 0 Å². The van der Waals surface area contributed by atoms with E-state index in [1.54, 1.807) is 5.38 Å². The molecular formula is C8H10N2O4S. The van der Waals surface area contributed by atoms with Crippen molar-refractivity contribution in [2.45, 2.75) is 18.8 Å². The fourth-order valence-electron chi connectivity index (χ4n) is 1.13. The number of carboxylic acids is 1. The van der Waals surface area contributed by atoms with Crippen molar-refractivity contribution >= 4 is 23.5 Å². The molecule has 0 aliphatic rings. The van der Waals surface area contributed by atoms with E-state index in [2.05, 4.69) is 14.3 Å². The lowest BCUT2D eigenvalue weighted by molar-refractivity contribution is -0.141. The zero-order valence-corrected chi connectivity index (χ0v) is 8.86. The van der Waals surface area contributed by atoms with E-state index in [9.17, 15) is 9.59 Å². The number of carbonyl (C=O) groups excluding carboxylic acids is 1. The molecule has 0 aliphatic heterocycles. The van der Waals surface area contributed by atoms with Crippen LogP contribution < -0.4 is 0 Å². The molecule has 0 saturated heterocycles. The molecule has 0 saturated carbocycles. The van der Waals surface area contributed by atoms with Gasteiger partial charge in [-0.2, -0.15) is 0 Å². The van der Waals surface area contributed by atoms with Crippen LogP contribution in [0.25, 0.3) is 0 Å². The number of methoxy groups -OCH3 is 1. The largest absolute Gasteiger partial charge is 0.481 e. The first-order valence-corrected chi connectivity index (χ1v) is 5.02. The van der Waals surface area contributed by atoms with Crippen LogP contribution in [0.5, 0.6) is 0 Å². The van der Waals surface area contributed by atoms with Gasteiger partial charge in [-0.05, 0) is 11.5 Å². The Hall–Kier alpha value is -1.50. The molecule has 15 heavy (non-hydrogen) atoms. The molecule has 0 fully saturated rings. The lowest BCUT2D eigenvalue weighted by Gasteiger charge is -2.09. The lowest BCUT2D eigenvalue weighted by atomic mass is 9.99. The molecule has 0 spiro atoms. The van der Waals surface area contributed by atoms with E-state index >= 15 is 0 Å². The summed E-state index contributed by atoms with van der Waals surface area (Å²) in [4.78, 5) is 21.6. The number of carbonyl (C=O) groups is 2. The molecular weight excluding hydrogens is 220 g/mol. The molecule has 1 aromatic rings. The number of hydrogen-bond acceptors (Lipinski definition) is 6. The van der Waals surface area contributed by atoms with Crippen molar-refractivity contribution < 1.29 is 19.4 Å². The van der Waals surface area contributed by atoms with Gasteiger partial charge in [-0.25, -0.2) is 0 Å². The molecule has 1 unspecified atom stereocenters. The molecule has 1 rings (SSSR count). The first-order valence-electron chi connectivity index (χ1n) is 4.19. The predicted molar refractivity (Wildman–Crippen MR) is 51.5 cm³/mol. The Morgan fingerprint density at radius 1 is 1.60 bits per heavy atom. The van der Waals surface area contributed by atoms with Crippen LogP contribution in [0.15, 0.2) is 5.38 Å². The summed E-state index contributed by atoms with van der Waals surface area (Å²) in [5.41, 5.74) is 0.521. The number of hydrogen-bond donors (Lipinski definition) is 1. The molecule has 1 N–H and O–H groups in total. The molecule has 1 aromatic heterocycles. The molecule has 0 radical (unpaired) electrons. The molecule has 0 bridgehead atoms. The van der Waals surface area contributed by atoms with Crippen molar-refractivity contribution in [2.75, 3.05) is 7.11 Å². The molecule has 7 heteroatoms. The number of rotatable bonds is 5. The summed E-state index contributed by atoms with van der Waals surface area (Å²) in [6, 6.07) is 0. The van der Waals surface area contributed by atoms with E-state index in [4.69, 9.17) is 5.11 Å². The molecule has 0 aromatic carbocycles. The number of esters is 1. The van der Waals surface area contributed by atoms with Crippen molar-refractivity contribution in [3.8, 4) is 0 Å². The van der Waals surface area contributed by atoms with Gasteiger partial charge in [0, 0.05) is 11.3 Å².